The maximum atomic E-state index is 12.5. The third-order valence-corrected chi connectivity index (χ3v) is 4.07. The maximum Gasteiger partial charge on any atom is 0.228 e. The zero-order valence-electron chi connectivity index (χ0n) is 15.1. The van der Waals surface area contributed by atoms with Gasteiger partial charge >= 0.3 is 0 Å². The van der Waals surface area contributed by atoms with Gasteiger partial charge in [0.15, 0.2) is 11.5 Å². The van der Waals surface area contributed by atoms with E-state index in [9.17, 15) is 4.79 Å². The Labute approximate surface area is 152 Å². The molecule has 0 fully saturated rings. The molecule has 0 unspecified atom stereocenters. The molecule has 0 bridgehead atoms. The van der Waals surface area contributed by atoms with Gasteiger partial charge in [-0.15, -0.1) is 0 Å². The number of benzene rings is 2. The number of aromatic amines is 1. The monoisotopic (exact) mass is 354 g/mol. The van der Waals surface area contributed by atoms with Crippen LogP contribution in [0.25, 0.3) is 10.9 Å². The third kappa shape index (κ3) is 3.74. The summed E-state index contributed by atoms with van der Waals surface area (Å²) in [4.78, 5) is 15.6. The van der Waals surface area contributed by atoms with Crippen LogP contribution in [0.1, 0.15) is 12.5 Å². The zero-order chi connectivity index (χ0) is 18.5. The van der Waals surface area contributed by atoms with Crippen molar-refractivity contribution in [1.29, 1.82) is 0 Å². The van der Waals surface area contributed by atoms with Gasteiger partial charge in [-0.1, -0.05) is 0 Å². The number of hydrogen-bond acceptors (Lipinski definition) is 4. The van der Waals surface area contributed by atoms with Gasteiger partial charge in [-0.3, -0.25) is 4.79 Å². The van der Waals surface area contributed by atoms with Crippen LogP contribution in [0.15, 0.2) is 42.6 Å². The molecule has 0 radical (unpaired) electrons. The van der Waals surface area contributed by atoms with Gasteiger partial charge in [-0.05, 0) is 42.8 Å². The van der Waals surface area contributed by atoms with Crippen LogP contribution in [0.2, 0.25) is 0 Å². The van der Waals surface area contributed by atoms with Crippen molar-refractivity contribution in [2.24, 2.45) is 0 Å². The average molecular weight is 354 g/mol. The van der Waals surface area contributed by atoms with Crippen molar-refractivity contribution in [2.45, 2.75) is 13.3 Å². The topological polar surface area (TPSA) is 72.6 Å². The molecule has 2 N–H and O–H groups in total. The number of ether oxygens (including phenoxy) is 3. The third-order valence-electron chi connectivity index (χ3n) is 4.07. The summed E-state index contributed by atoms with van der Waals surface area (Å²) in [5.74, 6) is 1.88. The Morgan fingerprint density at radius 3 is 2.65 bits per heavy atom. The Kier molecular flexibility index (Phi) is 5.31. The van der Waals surface area contributed by atoms with Crippen LogP contribution in [0.5, 0.6) is 17.2 Å². The molecule has 2 aromatic carbocycles. The minimum atomic E-state index is -0.111. The average Bonchev–Trinajstić information content (AvgIpc) is 3.05. The second-order valence-corrected chi connectivity index (χ2v) is 5.75. The highest BCUT2D eigenvalue weighted by molar-refractivity contribution is 5.96. The number of amides is 1. The fraction of sp³-hybridized carbons (Fsp3) is 0.250. The molecule has 0 atom stereocenters. The minimum absolute atomic E-state index is 0.111. The summed E-state index contributed by atoms with van der Waals surface area (Å²) in [6, 6.07) is 11.1. The van der Waals surface area contributed by atoms with Crippen molar-refractivity contribution < 1.29 is 19.0 Å². The van der Waals surface area contributed by atoms with Gasteiger partial charge in [0.05, 0.1) is 27.2 Å². The van der Waals surface area contributed by atoms with Crippen LogP contribution in [0.4, 0.5) is 5.69 Å². The fourth-order valence-electron chi connectivity index (χ4n) is 2.83. The van der Waals surface area contributed by atoms with Gasteiger partial charge in [0.25, 0.3) is 0 Å². The van der Waals surface area contributed by atoms with Crippen molar-refractivity contribution in [3.05, 3.63) is 48.2 Å². The molecule has 6 heteroatoms. The summed E-state index contributed by atoms with van der Waals surface area (Å²) in [5, 5.41) is 3.87. The normalized spacial score (nSPS) is 10.6. The lowest BCUT2D eigenvalue weighted by Gasteiger charge is -2.11. The van der Waals surface area contributed by atoms with Crippen molar-refractivity contribution in [3.8, 4) is 17.2 Å². The summed E-state index contributed by atoms with van der Waals surface area (Å²) in [6.07, 6.45) is 2.10. The summed E-state index contributed by atoms with van der Waals surface area (Å²) in [6.45, 7) is 2.46. The van der Waals surface area contributed by atoms with Gasteiger partial charge in [-0.25, -0.2) is 0 Å². The van der Waals surface area contributed by atoms with Crippen molar-refractivity contribution >= 4 is 22.5 Å². The molecule has 26 heavy (non-hydrogen) atoms. The molecule has 1 heterocycles. The van der Waals surface area contributed by atoms with E-state index >= 15 is 0 Å². The first-order valence-corrected chi connectivity index (χ1v) is 8.39. The highest BCUT2D eigenvalue weighted by atomic mass is 16.5. The second-order valence-electron chi connectivity index (χ2n) is 5.75. The van der Waals surface area contributed by atoms with E-state index in [4.69, 9.17) is 14.2 Å². The predicted octanol–water partition coefficient (Wildman–Crippen LogP) is 3.77. The lowest BCUT2D eigenvalue weighted by molar-refractivity contribution is -0.115. The van der Waals surface area contributed by atoms with Crippen molar-refractivity contribution in [3.63, 3.8) is 0 Å². The van der Waals surface area contributed by atoms with Crippen LogP contribution >= 0.6 is 0 Å². The first kappa shape index (κ1) is 17.7. The number of carbonyl (C=O) groups is 1. The minimum Gasteiger partial charge on any atom is -0.497 e. The number of hydrogen-bond donors (Lipinski definition) is 2. The van der Waals surface area contributed by atoms with E-state index in [1.54, 1.807) is 32.4 Å². The van der Waals surface area contributed by atoms with Crippen LogP contribution < -0.4 is 19.5 Å². The van der Waals surface area contributed by atoms with E-state index < -0.39 is 0 Å². The Bertz CT molecular complexity index is 917. The van der Waals surface area contributed by atoms with E-state index in [0.717, 1.165) is 22.2 Å². The molecule has 3 rings (SSSR count). The molecule has 0 saturated heterocycles. The van der Waals surface area contributed by atoms with E-state index in [1.807, 2.05) is 31.3 Å². The zero-order valence-corrected chi connectivity index (χ0v) is 15.1. The van der Waals surface area contributed by atoms with Crippen LogP contribution in [0.3, 0.4) is 0 Å². The summed E-state index contributed by atoms with van der Waals surface area (Å²) in [7, 11) is 3.20. The Morgan fingerprint density at radius 2 is 1.92 bits per heavy atom. The maximum absolute atomic E-state index is 12.5. The highest BCUT2D eigenvalue weighted by Crippen LogP contribution is 2.30. The largest absolute Gasteiger partial charge is 0.497 e. The molecular formula is C20H22N2O4. The summed E-state index contributed by atoms with van der Waals surface area (Å²) >= 11 is 0. The summed E-state index contributed by atoms with van der Waals surface area (Å²) < 4.78 is 16.1. The lowest BCUT2D eigenvalue weighted by Crippen LogP contribution is -2.14. The van der Waals surface area contributed by atoms with Gasteiger partial charge in [0.1, 0.15) is 5.75 Å². The number of carbonyl (C=O) groups excluding carboxylic acids is 1. The van der Waals surface area contributed by atoms with E-state index in [2.05, 4.69) is 10.3 Å². The molecule has 1 aromatic heterocycles. The number of H-pyrrole nitrogens is 1. The first-order chi connectivity index (χ1) is 12.6. The Morgan fingerprint density at radius 1 is 1.08 bits per heavy atom. The van der Waals surface area contributed by atoms with Gasteiger partial charge in [-0.2, -0.15) is 0 Å². The molecule has 1 amide bonds. The first-order valence-electron chi connectivity index (χ1n) is 8.39. The molecule has 0 aliphatic heterocycles. The standard InChI is InChI=1S/C20H22N2O4/c1-4-26-18-8-5-14(10-19(18)25-3)22-20(23)9-13-12-21-17-7-6-15(24-2)11-16(13)17/h5-8,10-12,21H,4,9H2,1-3H3,(H,22,23). The second kappa shape index (κ2) is 7.82. The van der Waals surface area contributed by atoms with Gasteiger partial charge in [0, 0.05) is 28.9 Å². The van der Waals surface area contributed by atoms with Crippen LogP contribution in [0, 0.1) is 0 Å². The molecule has 0 spiro atoms. The molecule has 0 aliphatic carbocycles. The molecule has 136 valence electrons. The molecule has 6 nitrogen and oxygen atoms in total. The molecule has 0 saturated carbocycles. The molecule has 0 aliphatic rings. The highest BCUT2D eigenvalue weighted by Gasteiger charge is 2.12. The quantitative estimate of drug-likeness (QED) is 0.677. The van der Waals surface area contributed by atoms with Crippen LogP contribution in [-0.2, 0) is 11.2 Å². The van der Waals surface area contributed by atoms with Gasteiger partial charge < -0.3 is 24.5 Å². The molecule has 3 aromatic rings. The van der Waals surface area contributed by atoms with Crippen LogP contribution in [-0.4, -0.2) is 31.7 Å². The number of aromatic nitrogens is 1. The van der Waals surface area contributed by atoms with E-state index in [0.29, 0.717) is 23.8 Å². The number of anilines is 1. The smallest absolute Gasteiger partial charge is 0.228 e. The number of fused-ring (bicyclic) bond motifs is 1. The van der Waals surface area contributed by atoms with Crippen molar-refractivity contribution in [2.75, 3.05) is 26.1 Å². The lowest BCUT2D eigenvalue weighted by atomic mass is 10.1. The van der Waals surface area contributed by atoms with E-state index in [1.165, 1.54) is 0 Å². The number of rotatable bonds is 7. The van der Waals surface area contributed by atoms with Gasteiger partial charge in [0.2, 0.25) is 5.91 Å². The van der Waals surface area contributed by atoms with Crippen molar-refractivity contribution in [1.82, 2.24) is 4.98 Å². The van der Waals surface area contributed by atoms with E-state index in [-0.39, 0.29) is 12.3 Å². The predicted molar refractivity (Wildman–Crippen MR) is 101 cm³/mol. The number of methoxy groups -OCH3 is 2. The molecular weight excluding hydrogens is 332 g/mol. The summed E-state index contributed by atoms with van der Waals surface area (Å²) in [5.41, 5.74) is 2.54. The Hall–Kier alpha value is -3.15. The number of nitrogens with one attached hydrogen (secondary N) is 2. The SMILES string of the molecule is CCOc1ccc(NC(=O)Cc2c[nH]c3ccc(OC)cc23)cc1OC. The fourth-order valence-corrected chi connectivity index (χ4v) is 2.83. The Balaban J connectivity index is 1.75.